The summed E-state index contributed by atoms with van der Waals surface area (Å²) in [5.41, 5.74) is 4.83. The van der Waals surface area contributed by atoms with Crippen LogP contribution in [0.25, 0.3) is 0 Å². The van der Waals surface area contributed by atoms with Gasteiger partial charge in [0, 0.05) is 29.8 Å². The van der Waals surface area contributed by atoms with Crippen LogP contribution in [-0.2, 0) is 16.4 Å². The number of fused-ring (bicyclic) bond motifs is 1. The third kappa shape index (κ3) is 4.63. The standard InChI is InChI=1S/C26H29N3O4S/c1-5-29(20-9-6-8-18(3)16-20)26(30)25-19(4)24-22(10-7-11-23(24)33-25)27-28-34(31,32)21-14-12-17(2)13-15-21/h6,8-9,12-16,28H,5,7,10-11H2,1-4H3/b27-22+. The van der Waals surface area contributed by atoms with Gasteiger partial charge in [0.25, 0.3) is 15.9 Å². The first-order chi connectivity index (χ1) is 16.2. The highest BCUT2D eigenvalue weighted by Gasteiger charge is 2.30. The Kier molecular flexibility index (Phi) is 6.61. The second-order valence-electron chi connectivity index (χ2n) is 8.56. The van der Waals surface area contributed by atoms with Gasteiger partial charge in [0.15, 0.2) is 5.76 Å². The van der Waals surface area contributed by atoms with Gasteiger partial charge in [-0.25, -0.2) is 0 Å². The number of carbonyl (C=O) groups excluding carboxylic acids is 1. The maximum absolute atomic E-state index is 13.4. The summed E-state index contributed by atoms with van der Waals surface area (Å²) in [6.45, 7) is 8.12. The Labute approximate surface area is 200 Å². The number of aryl methyl sites for hydroxylation is 3. The summed E-state index contributed by atoms with van der Waals surface area (Å²) in [4.78, 5) is 17.6. The molecule has 1 aliphatic carbocycles. The number of anilines is 1. The fourth-order valence-corrected chi connectivity index (χ4v) is 5.06. The minimum absolute atomic E-state index is 0.148. The molecule has 1 heterocycles. The van der Waals surface area contributed by atoms with Crippen molar-refractivity contribution >= 4 is 27.3 Å². The minimum Gasteiger partial charge on any atom is -0.455 e. The van der Waals surface area contributed by atoms with Crippen LogP contribution >= 0.6 is 0 Å². The van der Waals surface area contributed by atoms with E-state index in [2.05, 4.69) is 9.93 Å². The van der Waals surface area contributed by atoms with Gasteiger partial charge in [-0.3, -0.25) is 4.79 Å². The van der Waals surface area contributed by atoms with Crippen molar-refractivity contribution in [2.24, 2.45) is 5.10 Å². The molecule has 0 bridgehead atoms. The molecule has 0 atom stereocenters. The summed E-state index contributed by atoms with van der Waals surface area (Å²) in [7, 11) is -3.80. The number of carbonyl (C=O) groups is 1. The van der Waals surface area contributed by atoms with Crippen molar-refractivity contribution in [2.75, 3.05) is 11.4 Å². The lowest BCUT2D eigenvalue weighted by Gasteiger charge is -2.20. The number of benzene rings is 2. The molecule has 0 radical (unpaired) electrons. The van der Waals surface area contributed by atoms with Crippen LogP contribution in [-0.4, -0.2) is 26.6 Å². The summed E-state index contributed by atoms with van der Waals surface area (Å²) in [5, 5.41) is 4.26. The fourth-order valence-electron chi connectivity index (χ4n) is 4.23. The Morgan fingerprint density at radius 3 is 2.47 bits per heavy atom. The molecule has 8 heteroatoms. The molecule has 0 saturated carbocycles. The van der Waals surface area contributed by atoms with Gasteiger partial charge in [-0.1, -0.05) is 29.8 Å². The molecule has 1 aromatic heterocycles. The second kappa shape index (κ2) is 9.46. The molecule has 7 nitrogen and oxygen atoms in total. The average molecular weight is 480 g/mol. The first-order valence-corrected chi connectivity index (χ1v) is 12.9. The van der Waals surface area contributed by atoms with Crippen LogP contribution in [0, 0.1) is 20.8 Å². The Morgan fingerprint density at radius 2 is 1.79 bits per heavy atom. The van der Waals surface area contributed by atoms with E-state index in [1.807, 2.05) is 52.0 Å². The number of furan rings is 1. The number of nitrogens with one attached hydrogen (secondary N) is 1. The Morgan fingerprint density at radius 1 is 1.06 bits per heavy atom. The largest absolute Gasteiger partial charge is 0.455 e. The van der Waals surface area contributed by atoms with E-state index < -0.39 is 10.0 Å². The smallest absolute Gasteiger partial charge is 0.294 e. The van der Waals surface area contributed by atoms with E-state index in [-0.39, 0.29) is 16.6 Å². The fraction of sp³-hybridized carbons (Fsp3) is 0.308. The molecule has 1 N–H and O–H groups in total. The SMILES string of the molecule is CCN(C(=O)c1oc2c(c1C)/C(=N/NS(=O)(=O)c1ccc(C)cc1)CCC2)c1cccc(C)c1. The quantitative estimate of drug-likeness (QED) is 0.510. The topological polar surface area (TPSA) is 92.0 Å². The van der Waals surface area contributed by atoms with Crippen LogP contribution in [0.3, 0.4) is 0 Å². The molecule has 0 spiro atoms. The molecule has 4 rings (SSSR count). The van der Waals surface area contributed by atoms with E-state index in [1.165, 1.54) is 0 Å². The molecular formula is C26H29N3O4S. The van der Waals surface area contributed by atoms with E-state index in [0.717, 1.165) is 28.8 Å². The average Bonchev–Trinajstić information content (AvgIpc) is 3.15. The molecule has 0 fully saturated rings. The van der Waals surface area contributed by atoms with Crippen molar-refractivity contribution in [2.45, 2.75) is 51.9 Å². The van der Waals surface area contributed by atoms with Gasteiger partial charge in [0.2, 0.25) is 0 Å². The zero-order chi connectivity index (χ0) is 24.5. The summed E-state index contributed by atoms with van der Waals surface area (Å²) in [6.07, 6.45) is 2.02. The van der Waals surface area contributed by atoms with Gasteiger partial charge >= 0.3 is 0 Å². The minimum atomic E-state index is -3.80. The maximum atomic E-state index is 13.4. The molecule has 3 aromatic rings. The second-order valence-corrected chi connectivity index (χ2v) is 10.2. The van der Waals surface area contributed by atoms with Gasteiger partial charge in [-0.15, -0.1) is 0 Å². The monoisotopic (exact) mass is 479 g/mol. The lowest BCUT2D eigenvalue weighted by Crippen LogP contribution is -2.31. The van der Waals surface area contributed by atoms with E-state index in [0.29, 0.717) is 36.4 Å². The van der Waals surface area contributed by atoms with E-state index in [9.17, 15) is 13.2 Å². The van der Waals surface area contributed by atoms with Crippen molar-refractivity contribution in [3.05, 3.63) is 82.3 Å². The highest BCUT2D eigenvalue weighted by molar-refractivity contribution is 7.89. The number of rotatable bonds is 6. The highest BCUT2D eigenvalue weighted by atomic mass is 32.2. The van der Waals surface area contributed by atoms with Gasteiger partial charge in [0.05, 0.1) is 10.6 Å². The van der Waals surface area contributed by atoms with E-state index in [1.54, 1.807) is 29.2 Å². The summed E-state index contributed by atoms with van der Waals surface area (Å²) >= 11 is 0. The highest BCUT2D eigenvalue weighted by Crippen LogP contribution is 2.31. The molecule has 2 aromatic carbocycles. The van der Waals surface area contributed by atoms with Crippen LogP contribution in [0.1, 0.15) is 58.3 Å². The Bertz CT molecular complexity index is 1360. The van der Waals surface area contributed by atoms with Gasteiger partial charge in [0.1, 0.15) is 5.76 Å². The number of nitrogens with zero attached hydrogens (tertiary/aromatic N) is 2. The predicted molar refractivity (Wildman–Crippen MR) is 133 cm³/mol. The number of hydrazone groups is 1. The van der Waals surface area contributed by atoms with Gasteiger partial charge in [-0.05, 0) is 70.4 Å². The molecule has 0 saturated heterocycles. The normalized spacial score (nSPS) is 14.6. The maximum Gasteiger partial charge on any atom is 0.294 e. The molecule has 34 heavy (non-hydrogen) atoms. The summed E-state index contributed by atoms with van der Waals surface area (Å²) < 4.78 is 31.5. The van der Waals surface area contributed by atoms with Gasteiger partial charge in [-0.2, -0.15) is 18.4 Å². The van der Waals surface area contributed by atoms with Gasteiger partial charge < -0.3 is 9.32 Å². The molecule has 178 valence electrons. The third-order valence-electron chi connectivity index (χ3n) is 6.03. The van der Waals surface area contributed by atoms with Crippen LogP contribution < -0.4 is 9.73 Å². The van der Waals surface area contributed by atoms with Crippen LogP contribution in [0.5, 0.6) is 0 Å². The number of hydrogen-bond acceptors (Lipinski definition) is 5. The Hall–Kier alpha value is -3.39. The number of amides is 1. The van der Waals surface area contributed by atoms with Crippen molar-refractivity contribution in [3.8, 4) is 0 Å². The zero-order valence-corrected chi connectivity index (χ0v) is 20.7. The first-order valence-electron chi connectivity index (χ1n) is 11.4. The molecular weight excluding hydrogens is 450 g/mol. The van der Waals surface area contributed by atoms with Crippen molar-refractivity contribution in [1.82, 2.24) is 4.83 Å². The lowest BCUT2D eigenvalue weighted by molar-refractivity contribution is 0.0959. The first kappa shape index (κ1) is 23.8. The van der Waals surface area contributed by atoms with Crippen LogP contribution in [0.2, 0.25) is 0 Å². The molecule has 0 unspecified atom stereocenters. The summed E-state index contributed by atoms with van der Waals surface area (Å²) in [6, 6.07) is 14.4. The number of sulfonamides is 1. The van der Waals surface area contributed by atoms with E-state index >= 15 is 0 Å². The van der Waals surface area contributed by atoms with Crippen molar-refractivity contribution in [3.63, 3.8) is 0 Å². The summed E-state index contributed by atoms with van der Waals surface area (Å²) in [5.74, 6) is 0.713. The van der Waals surface area contributed by atoms with Crippen molar-refractivity contribution < 1.29 is 17.6 Å². The molecule has 1 aliphatic rings. The van der Waals surface area contributed by atoms with Crippen molar-refractivity contribution in [1.29, 1.82) is 0 Å². The molecule has 1 amide bonds. The van der Waals surface area contributed by atoms with Crippen LogP contribution in [0.4, 0.5) is 5.69 Å². The predicted octanol–water partition coefficient (Wildman–Crippen LogP) is 4.89. The molecule has 0 aliphatic heterocycles. The third-order valence-corrected chi connectivity index (χ3v) is 7.25. The lowest BCUT2D eigenvalue weighted by atomic mass is 9.93. The van der Waals surface area contributed by atoms with Crippen LogP contribution in [0.15, 0.2) is 62.9 Å². The number of hydrogen-bond donors (Lipinski definition) is 1. The Balaban J connectivity index is 1.65. The zero-order valence-electron chi connectivity index (χ0n) is 19.9. The van der Waals surface area contributed by atoms with E-state index in [4.69, 9.17) is 4.42 Å².